The number of ether oxygens (including phenoxy) is 1. The van der Waals surface area contributed by atoms with Gasteiger partial charge in [0.1, 0.15) is 0 Å². The highest BCUT2D eigenvalue weighted by atomic mass is 35.5. The Labute approximate surface area is 127 Å². The maximum Gasteiger partial charge on any atom is 0.189 e. The number of rotatable bonds is 2. The molecule has 0 bridgehead atoms. The van der Waals surface area contributed by atoms with E-state index in [2.05, 4.69) is 0 Å². The van der Waals surface area contributed by atoms with Crippen molar-refractivity contribution in [2.45, 2.75) is 22.6 Å². The molecule has 3 rings (SSSR count). The normalized spacial score (nSPS) is 28.4. The highest BCUT2D eigenvalue weighted by molar-refractivity contribution is 6.49. The fourth-order valence-electron chi connectivity index (χ4n) is 2.63. The summed E-state index contributed by atoms with van der Waals surface area (Å²) in [5.74, 6) is -0.329. The molecule has 2 nitrogen and oxygen atoms in total. The van der Waals surface area contributed by atoms with Crippen LogP contribution in [0.5, 0.6) is 0 Å². The first-order valence-corrected chi connectivity index (χ1v) is 7.17. The number of aliphatic hydroxyl groups excluding tert-OH is 1. The Morgan fingerprint density at radius 2 is 1.35 bits per heavy atom. The lowest BCUT2D eigenvalue weighted by Gasteiger charge is -2.25. The fraction of sp³-hybridized carbons (Fsp3) is 0.250. The van der Waals surface area contributed by atoms with E-state index in [9.17, 15) is 5.11 Å². The number of benzene rings is 2. The Morgan fingerprint density at radius 3 is 1.90 bits per heavy atom. The van der Waals surface area contributed by atoms with Crippen molar-refractivity contribution in [3.8, 4) is 0 Å². The van der Waals surface area contributed by atoms with Gasteiger partial charge in [-0.05, 0) is 11.1 Å². The third-order valence-electron chi connectivity index (χ3n) is 3.61. The Kier molecular flexibility index (Phi) is 3.74. The zero-order chi connectivity index (χ0) is 14.2. The van der Waals surface area contributed by atoms with Crippen LogP contribution in [0.15, 0.2) is 60.7 Å². The van der Waals surface area contributed by atoms with Gasteiger partial charge < -0.3 is 9.84 Å². The molecule has 4 heteroatoms. The smallest absolute Gasteiger partial charge is 0.189 e. The molecule has 1 N–H and O–H groups in total. The van der Waals surface area contributed by atoms with E-state index in [4.69, 9.17) is 27.9 Å². The molecule has 0 aromatic heterocycles. The average Bonchev–Trinajstić information content (AvgIpc) is 2.71. The Morgan fingerprint density at radius 1 is 0.850 bits per heavy atom. The predicted molar refractivity (Wildman–Crippen MR) is 79.9 cm³/mol. The van der Waals surface area contributed by atoms with Crippen LogP contribution in [0.25, 0.3) is 0 Å². The molecule has 1 fully saturated rings. The molecule has 104 valence electrons. The first-order chi connectivity index (χ1) is 9.60. The fourth-order valence-corrected chi connectivity index (χ4v) is 3.22. The lowest BCUT2D eigenvalue weighted by molar-refractivity contribution is -0.0949. The van der Waals surface area contributed by atoms with Gasteiger partial charge in [-0.15, -0.1) is 0 Å². The van der Waals surface area contributed by atoms with E-state index in [1.807, 2.05) is 60.7 Å². The second kappa shape index (κ2) is 5.38. The number of aliphatic hydroxyl groups is 1. The molecule has 0 amide bonds. The molecule has 0 radical (unpaired) electrons. The van der Waals surface area contributed by atoms with Crippen LogP contribution in [0.4, 0.5) is 0 Å². The second-order valence-corrected chi connectivity index (χ2v) is 6.33. The van der Waals surface area contributed by atoms with Crippen LogP contribution in [0.3, 0.4) is 0 Å². The monoisotopic (exact) mass is 308 g/mol. The van der Waals surface area contributed by atoms with E-state index >= 15 is 0 Å². The molecule has 0 spiro atoms. The largest absolute Gasteiger partial charge is 0.365 e. The molecule has 3 atom stereocenters. The number of hydrogen-bond donors (Lipinski definition) is 1. The quantitative estimate of drug-likeness (QED) is 0.849. The van der Waals surface area contributed by atoms with Crippen LogP contribution in [0.2, 0.25) is 0 Å². The molecule has 1 heterocycles. The van der Waals surface area contributed by atoms with E-state index in [1.165, 1.54) is 0 Å². The zero-order valence-electron chi connectivity index (χ0n) is 10.6. The van der Waals surface area contributed by atoms with Crippen LogP contribution in [0, 0.1) is 0 Å². The molecular formula is C16H14Cl2O2. The van der Waals surface area contributed by atoms with Crippen molar-refractivity contribution in [1.82, 2.24) is 0 Å². The summed E-state index contributed by atoms with van der Waals surface area (Å²) in [7, 11) is 0. The SMILES string of the molecule is O[C@H]1O[C@@H](c2ccccc2)[C@@H](c2ccccc2)C1(Cl)Cl. The molecule has 1 aliphatic rings. The van der Waals surface area contributed by atoms with Crippen LogP contribution in [-0.2, 0) is 4.74 Å². The number of halogens is 2. The van der Waals surface area contributed by atoms with Gasteiger partial charge in [0, 0.05) is 0 Å². The minimum atomic E-state index is -1.37. The highest BCUT2D eigenvalue weighted by Gasteiger charge is 2.55. The average molecular weight is 309 g/mol. The standard InChI is InChI=1S/C16H14Cl2O2/c17-16(18)13(11-7-3-1-4-8-11)14(20-15(16)19)12-9-5-2-6-10-12/h1-10,13-15,19H/t13-,14+,15+/m1/s1. The van der Waals surface area contributed by atoms with Gasteiger partial charge in [0.05, 0.1) is 12.0 Å². The van der Waals surface area contributed by atoms with Crippen molar-refractivity contribution in [3.63, 3.8) is 0 Å². The predicted octanol–water partition coefficient (Wildman–Crippen LogP) is 4.03. The number of hydrogen-bond acceptors (Lipinski definition) is 2. The third kappa shape index (κ3) is 2.33. The maximum absolute atomic E-state index is 10.0. The van der Waals surface area contributed by atoms with Crippen molar-refractivity contribution >= 4 is 23.2 Å². The molecule has 1 aliphatic heterocycles. The highest BCUT2D eigenvalue weighted by Crippen LogP contribution is 2.55. The number of alkyl halides is 2. The lowest BCUT2D eigenvalue weighted by atomic mass is 9.88. The molecule has 1 saturated heterocycles. The minimum Gasteiger partial charge on any atom is -0.365 e. The van der Waals surface area contributed by atoms with Gasteiger partial charge in [-0.25, -0.2) is 0 Å². The van der Waals surface area contributed by atoms with E-state index in [0.29, 0.717) is 0 Å². The van der Waals surface area contributed by atoms with Gasteiger partial charge in [0.15, 0.2) is 10.6 Å². The summed E-state index contributed by atoms with van der Waals surface area (Å²) in [5, 5.41) is 10.0. The van der Waals surface area contributed by atoms with E-state index < -0.39 is 10.6 Å². The zero-order valence-corrected chi connectivity index (χ0v) is 12.1. The summed E-state index contributed by atoms with van der Waals surface area (Å²) < 4.78 is 4.25. The van der Waals surface area contributed by atoms with E-state index in [0.717, 1.165) is 11.1 Å². The van der Waals surface area contributed by atoms with Gasteiger partial charge in [0.2, 0.25) is 0 Å². The lowest BCUT2D eigenvalue weighted by Crippen LogP contribution is -2.30. The Balaban J connectivity index is 2.06. The summed E-state index contributed by atoms with van der Waals surface area (Å²) >= 11 is 12.7. The van der Waals surface area contributed by atoms with E-state index in [1.54, 1.807) is 0 Å². The summed E-state index contributed by atoms with van der Waals surface area (Å²) in [4.78, 5) is 0. The van der Waals surface area contributed by atoms with E-state index in [-0.39, 0.29) is 12.0 Å². The summed E-state index contributed by atoms with van der Waals surface area (Å²) in [6, 6.07) is 19.3. The maximum atomic E-state index is 10.0. The minimum absolute atomic E-state index is 0.329. The van der Waals surface area contributed by atoms with Crippen LogP contribution in [-0.4, -0.2) is 15.7 Å². The van der Waals surface area contributed by atoms with Crippen LogP contribution < -0.4 is 0 Å². The van der Waals surface area contributed by atoms with Crippen LogP contribution in [0.1, 0.15) is 23.1 Å². The summed E-state index contributed by atoms with van der Waals surface area (Å²) in [6.07, 6.45) is -1.59. The molecule has 2 aromatic carbocycles. The van der Waals surface area contributed by atoms with Crippen molar-refractivity contribution in [1.29, 1.82) is 0 Å². The van der Waals surface area contributed by atoms with Gasteiger partial charge in [0.25, 0.3) is 0 Å². The van der Waals surface area contributed by atoms with Crippen molar-refractivity contribution in [2.75, 3.05) is 0 Å². The molecule has 0 aliphatic carbocycles. The Hall–Kier alpha value is -1.06. The van der Waals surface area contributed by atoms with Crippen molar-refractivity contribution < 1.29 is 9.84 Å². The molecule has 0 unspecified atom stereocenters. The van der Waals surface area contributed by atoms with Crippen molar-refractivity contribution in [3.05, 3.63) is 71.8 Å². The van der Waals surface area contributed by atoms with Gasteiger partial charge >= 0.3 is 0 Å². The summed E-state index contributed by atoms with van der Waals surface area (Å²) in [6.45, 7) is 0. The molecule has 20 heavy (non-hydrogen) atoms. The first kappa shape index (κ1) is 13.9. The summed E-state index contributed by atoms with van der Waals surface area (Å²) in [5.41, 5.74) is 1.89. The molecule has 2 aromatic rings. The molecule has 0 saturated carbocycles. The third-order valence-corrected chi connectivity index (χ3v) is 4.45. The van der Waals surface area contributed by atoms with Crippen molar-refractivity contribution in [2.24, 2.45) is 0 Å². The Bertz CT molecular complexity index is 572. The first-order valence-electron chi connectivity index (χ1n) is 6.42. The van der Waals surface area contributed by atoms with Crippen LogP contribution >= 0.6 is 23.2 Å². The molecular weight excluding hydrogens is 295 g/mol. The van der Waals surface area contributed by atoms with Gasteiger partial charge in [-0.2, -0.15) is 0 Å². The van der Waals surface area contributed by atoms with Gasteiger partial charge in [-0.1, -0.05) is 83.9 Å². The topological polar surface area (TPSA) is 29.5 Å². The second-order valence-electron chi connectivity index (χ2n) is 4.88. The van der Waals surface area contributed by atoms with Gasteiger partial charge in [-0.3, -0.25) is 0 Å².